The quantitative estimate of drug-likeness (QED) is 0.764. The molecule has 1 aliphatic rings. The average molecular weight is 387 g/mol. The molecule has 8 nitrogen and oxygen atoms in total. The van der Waals surface area contributed by atoms with Crippen molar-refractivity contribution in [2.24, 2.45) is 0 Å². The summed E-state index contributed by atoms with van der Waals surface area (Å²) < 4.78 is 10.5. The smallest absolute Gasteiger partial charge is 0.246 e. The van der Waals surface area contributed by atoms with Crippen molar-refractivity contribution in [1.82, 2.24) is 15.2 Å². The Morgan fingerprint density at radius 3 is 2.82 bits per heavy atom. The lowest BCUT2D eigenvalue weighted by atomic mass is 10.0. The van der Waals surface area contributed by atoms with Crippen LogP contribution in [0.2, 0.25) is 0 Å². The van der Waals surface area contributed by atoms with E-state index in [9.17, 15) is 14.7 Å². The Hall–Kier alpha value is -2.71. The van der Waals surface area contributed by atoms with Crippen LogP contribution in [-0.4, -0.2) is 65.8 Å². The maximum absolute atomic E-state index is 12.8. The highest BCUT2D eigenvalue weighted by Gasteiger charge is 2.31. The SMILES string of the molecule is COCC(=O)N[C@@H]1CN(C(=O)Cc2nc(-c3ccccc3)oc2C)CC[C@@H]1O. The lowest BCUT2D eigenvalue weighted by Crippen LogP contribution is -2.57. The number of likely N-dealkylation sites (tertiary alicyclic amines) is 1. The van der Waals surface area contributed by atoms with Crippen molar-refractivity contribution >= 4 is 11.8 Å². The van der Waals surface area contributed by atoms with Crippen molar-refractivity contribution in [2.45, 2.75) is 31.9 Å². The lowest BCUT2D eigenvalue weighted by molar-refractivity contribution is -0.135. The number of rotatable bonds is 6. The van der Waals surface area contributed by atoms with Crippen molar-refractivity contribution < 1.29 is 23.8 Å². The van der Waals surface area contributed by atoms with Gasteiger partial charge in [-0.05, 0) is 25.5 Å². The number of nitrogens with one attached hydrogen (secondary N) is 1. The topological polar surface area (TPSA) is 105 Å². The first kappa shape index (κ1) is 20.0. The molecule has 2 N–H and O–H groups in total. The zero-order valence-corrected chi connectivity index (χ0v) is 16.1. The zero-order chi connectivity index (χ0) is 20.1. The molecule has 2 atom stereocenters. The fraction of sp³-hybridized carbons (Fsp3) is 0.450. The average Bonchev–Trinajstić information content (AvgIpc) is 3.05. The van der Waals surface area contributed by atoms with Crippen molar-refractivity contribution in [3.63, 3.8) is 0 Å². The zero-order valence-electron chi connectivity index (χ0n) is 16.1. The van der Waals surface area contributed by atoms with E-state index in [1.54, 1.807) is 11.8 Å². The second-order valence-corrected chi connectivity index (χ2v) is 6.87. The maximum Gasteiger partial charge on any atom is 0.246 e. The minimum atomic E-state index is -0.691. The van der Waals surface area contributed by atoms with E-state index in [0.29, 0.717) is 30.3 Å². The van der Waals surface area contributed by atoms with Gasteiger partial charge in [0.2, 0.25) is 17.7 Å². The van der Waals surface area contributed by atoms with Crippen LogP contribution in [0, 0.1) is 6.92 Å². The summed E-state index contributed by atoms with van der Waals surface area (Å²) in [7, 11) is 1.43. The summed E-state index contributed by atoms with van der Waals surface area (Å²) in [5.74, 6) is 0.656. The summed E-state index contributed by atoms with van der Waals surface area (Å²) in [5.41, 5.74) is 1.45. The van der Waals surface area contributed by atoms with Gasteiger partial charge < -0.3 is 24.5 Å². The minimum Gasteiger partial charge on any atom is -0.441 e. The number of ether oxygens (including phenoxy) is 1. The summed E-state index contributed by atoms with van der Waals surface area (Å²) >= 11 is 0. The number of aryl methyl sites for hydroxylation is 1. The molecule has 2 aromatic rings. The molecule has 2 amide bonds. The summed E-state index contributed by atoms with van der Waals surface area (Å²) in [6, 6.07) is 8.99. The first-order valence-corrected chi connectivity index (χ1v) is 9.23. The molecule has 1 aliphatic heterocycles. The molecule has 0 bridgehead atoms. The van der Waals surface area contributed by atoms with E-state index in [1.165, 1.54) is 7.11 Å². The second kappa shape index (κ2) is 8.99. The van der Waals surface area contributed by atoms with E-state index in [4.69, 9.17) is 9.15 Å². The van der Waals surface area contributed by atoms with Gasteiger partial charge in [-0.25, -0.2) is 4.98 Å². The molecule has 1 saturated heterocycles. The Morgan fingerprint density at radius 1 is 1.36 bits per heavy atom. The van der Waals surface area contributed by atoms with Crippen LogP contribution < -0.4 is 5.32 Å². The molecular formula is C20H25N3O5. The number of carbonyl (C=O) groups excluding carboxylic acids is 2. The van der Waals surface area contributed by atoms with Gasteiger partial charge in [-0.3, -0.25) is 9.59 Å². The molecular weight excluding hydrogens is 362 g/mol. The summed E-state index contributed by atoms with van der Waals surface area (Å²) in [6.07, 6.45) is -0.184. The van der Waals surface area contributed by atoms with Crippen LogP contribution in [0.5, 0.6) is 0 Å². The van der Waals surface area contributed by atoms with Gasteiger partial charge in [-0.15, -0.1) is 0 Å². The number of carbonyl (C=O) groups is 2. The van der Waals surface area contributed by atoms with Crippen LogP contribution in [0.25, 0.3) is 11.5 Å². The summed E-state index contributed by atoms with van der Waals surface area (Å²) in [5, 5.41) is 12.8. The molecule has 8 heteroatoms. The molecule has 0 saturated carbocycles. The third kappa shape index (κ3) is 4.76. The number of amides is 2. The van der Waals surface area contributed by atoms with Gasteiger partial charge in [-0.2, -0.15) is 0 Å². The molecule has 28 heavy (non-hydrogen) atoms. The first-order chi connectivity index (χ1) is 13.5. The van der Waals surface area contributed by atoms with Crippen molar-refractivity contribution in [3.05, 3.63) is 41.8 Å². The van der Waals surface area contributed by atoms with E-state index in [-0.39, 0.29) is 31.4 Å². The highest BCUT2D eigenvalue weighted by molar-refractivity contribution is 5.80. The first-order valence-electron chi connectivity index (χ1n) is 9.23. The standard InChI is InChI=1S/C20H25N3O5/c1-13-15(22-20(28-13)14-6-4-3-5-7-14)10-19(26)23-9-8-17(24)16(11-23)21-18(25)12-27-2/h3-7,16-17,24H,8-12H2,1-2H3,(H,21,25)/t16-,17+/m1/s1. The summed E-state index contributed by atoms with van der Waals surface area (Å²) in [4.78, 5) is 30.6. The van der Waals surface area contributed by atoms with E-state index in [1.807, 2.05) is 30.3 Å². The molecule has 0 spiro atoms. The molecule has 1 aromatic carbocycles. The lowest BCUT2D eigenvalue weighted by Gasteiger charge is -2.36. The third-order valence-corrected chi connectivity index (χ3v) is 4.78. The number of benzene rings is 1. The molecule has 1 aromatic heterocycles. The van der Waals surface area contributed by atoms with Gasteiger partial charge in [0.25, 0.3) is 0 Å². The normalized spacial score (nSPS) is 19.5. The Kier molecular flexibility index (Phi) is 6.43. The predicted octanol–water partition coefficient (Wildman–Crippen LogP) is 0.917. The van der Waals surface area contributed by atoms with E-state index >= 15 is 0 Å². The number of aliphatic hydroxyl groups is 1. The number of aliphatic hydroxyl groups excluding tert-OH is 1. The van der Waals surface area contributed by atoms with Crippen LogP contribution in [0.15, 0.2) is 34.7 Å². The van der Waals surface area contributed by atoms with Crippen molar-refractivity contribution in [1.29, 1.82) is 0 Å². The third-order valence-electron chi connectivity index (χ3n) is 4.78. The Labute approximate surface area is 163 Å². The second-order valence-electron chi connectivity index (χ2n) is 6.87. The highest BCUT2D eigenvalue weighted by atomic mass is 16.5. The van der Waals surface area contributed by atoms with Crippen LogP contribution in [0.3, 0.4) is 0 Å². The molecule has 0 aliphatic carbocycles. The number of oxazole rings is 1. The number of methoxy groups -OCH3 is 1. The number of hydrogen-bond donors (Lipinski definition) is 2. The number of hydrogen-bond acceptors (Lipinski definition) is 6. The van der Waals surface area contributed by atoms with E-state index in [0.717, 1.165) is 5.56 Å². The Morgan fingerprint density at radius 2 is 2.11 bits per heavy atom. The molecule has 1 fully saturated rings. The van der Waals surface area contributed by atoms with E-state index < -0.39 is 12.1 Å². The number of aromatic nitrogens is 1. The largest absolute Gasteiger partial charge is 0.441 e. The van der Waals surface area contributed by atoms with Gasteiger partial charge in [0.15, 0.2) is 0 Å². The number of nitrogens with zero attached hydrogens (tertiary/aromatic N) is 2. The highest BCUT2D eigenvalue weighted by Crippen LogP contribution is 2.22. The maximum atomic E-state index is 12.8. The van der Waals surface area contributed by atoms with Crippen molar-refractivity contribution in [3.8, 4) is 11.5 Å². The van der Waals surface area contributed by atoms with Gasteiger partial charge in [0, 0.05) is 25.8 Å². The van der Waals surface area contributed by atoms with Crippen LogP contribution >= 0.6 is 0 Å². The van der Waals surface area contributed by atoms with Crippen LogP contribution in [-0.2, 0) is 20.7 Å². The van der Waals surface area contributed by atoms with Crippen LogP contribution in [0.1, 0.15) is 17.9 Å². The van der Waals surface area contributed by atoms with Crippen LogP contribution in [0.4, 0.5) is 0 Å². The van der Waals surface area contributed by atoms with Gasteiger partial charge in [-0.1, -0.05) is 18.2 Å². The molecule has 3 rings (SSSR count). The van der Waals surface area contributed by atoms with Gasteiger partial charge >= 0.3 is 0 Å². The Balaban J connectivity index is 1.64. The monoisotopic (exact) mass is 387 g/mol. The summed E-state index contributed by atoms with van der Waals surface area (Å²) in [6.45, 7) is 2.38. The Bertz CT molecular complexity index is 821. The predicted molar refractivity (Wildman–Crippen MR) is 101 cm³/mol. The number of piperidine rings is 1. The van der Waals surface area contributed by atoms with Crippen molar-refractivity contribution in [2.75, 3.05) is 26.8 Å². The van der Waals surface area contributed by atoms with Gasteiger partial charge in [0.05, 0.1) is 24.3 Å². The molecule has 2 heterocycles. The minimum absolute atomic E-state index is 0.0858. The molecule has 0 radical (unpaired) electrons. The molecule has 0 unspecified atom stereocenters. The fourth-order valence-corrected chi connectivity index (χ4v) is 3.24. The molecule has 150 valence electrons. The fourth-order valence-electron chi connectivity index (χ4n) is 3.24. The van der Waals surface area contributed by atoms with Gasteiger partial charge in [0.1, 0.15) is 12.4 Å². The van der Waals surface area contributed by atoms with E-state index in [2.05, 4.69) is 10.3 Å².